The Balaban J connectivity index is 1.35. The molecule has 9 heteroatoms. The Kier molecular flexibility index (Phi) is 5.09. The monoisotopic (exact) mass is 417 g/mol. The van der Waals surface area contributed by atoms with Crippen LogP contribution in [-0.2, 0) is 23.0 Å². The van der Waals surface area contributed by atoms with Crippen LogP contribution in [0.4, 0.5) is 11.6 Å². The molecule has 0 bridgehead atoms. The number of nitrogens with one attached hydrogen (secondary N) is 1. The zero-order valence-electron chi connectivity index (χ0n) is 17.2. The predicted octanol–water partition coefficient (Wildman–Crippen LogP) is 2.30. The molecule has 9 nitrogen and oxygen atoms in total. The lowest BCUT2D eigenvalue weighted by molar-refractivity contribution is -0.134. The highest BCUT2D eigenvalue weighted by molar-refractivity contribution is 5.80. The summed E-state index contributed by atoms with van der Waals surface area (Å²) in [5.41, 5.74) is 3.60. The molecular weight excluding hydrogens is 394 g/mol. The second-order valence-electron chi connectivity index (χ2n) is 7.52. The zero-order chi connectivity index (χ0) is 21.2. The standard InChI is InChI=1S/C22H23N7O2/c1-27-15-18(14-24-27)25-22-23-13-17-6-7-29(21(17)26-22)19-4-2-16(3-5-19)12-20(30)28-8-10-31-11-9-28/h2-7,13-15H,8-12H2,1H3,(H,23,25,26). The fourth-order valence-electron chi connectivity index (χ4n) is 3.68. The van der Waals surface area contributed by atoms with Gasteiger partial charge in [-0.1, -0.05) is 12.1 Å². The molecule has 1 saturated heterocycles. The number of ether oxygens (including phenoxy) is 1. The van der Waals surface area contributed by atoms with Crippen LogP contribution in [0.1, 0.15) is 5.56 Å². The van der Waals surface area contributed by atoms with Crippen LogP contribution in [0.25, 0.3) is 16.7 Å². The van der Waals surface area contributed by atoms with Gasteiger partial charge in [-0.15, -0.1) is 0 Å². The minimum Gasteiger partial charge on any atom is -0.378 e. The molecule has 0 aliphatic carbocycles. The molecule has 31 heavy (non-hydrogen) atoms. The average Bonchev–Trinajstić information content (AvgIpc) is 3.40. The Bertz CT molecular complexity index is 1210. The average molecular weight is 417 g/mol. The van der Waals surface area contributed by atoms with E-state index in [1.807, 2.05) is 59.2 Å². The van der Waals surface area contributed by atoms with Gasteiger partial charge in [-0.3, -0.25) is 9.48 Å². The molecule has 1 aliphatic rings. The third-order valence-corrected chi connectivity index (χ3v) is 5.32. The highest BCUT2D eigenvalue weighted by Crippen LogP contribution is 2.21. The molecule has 1 fully saturated rings. The van der Waals surface area contributed by atoms with Crippen molar-refractivity contribution in [1.29, 1.82) is 0 Å². The van der Waals surface area contributed by atoms with Crippen LogP contribution in [0.5, 0.6) is 0 Å². The van der Waals surface area contributed by atoms with Crippen LogP contribution in [0.2, 0.25) is 0 Å². The summed E-state index contributed by atoms with van der Waals surface area (Å²) in [4.78, 5) is 23.4. The molecule has 1 aromatic carbocycles. The van der Waals surface area contributed by atoms with E-state index in [9.17, 15) is 4.79 Å². The van der Waals surface area contributed by atoms with Crippen LogP contribution >= 0.6 is 0 Å². The minimum atomic E-state index is 0.140. The van der Waals surface area contributed by atoms with E-state index in [0.29, 0.717) is 38.7 Å². The number of aromatic nitrogens is 5. The van der Waals surface area contributed by atoms with Crippen molar-refractivity contribution in [1.82, 2.24) is 29.2 Å². The van der Waals surface area contributed by atoms with E-state index in [4.69, 9.17) is 4.74 Å². The highest BCUT2D eigenvalue weighted by Gasteiger charge is 2.17. The fourth-order valence-corrected chi connectivity index (χ4v) is 3.68. The maximum absolute atomic E-state index is 12.5. The lowest BCUT2D eigenvalue weighted by atomic mass is 10.1. The molecule has 0 atom stereocenters. The number of anilines is 2. The van der Waals surface area contributed by atoms with E-state index in [0.717, 1.165) is 28.0 Å². The van der Waals surface area contributed by atoms with E-state index >= 15 is 0 Å². The quantitative estimate of drug-likeness (QED) is 0.536. The van der Waals surface area contributed by atoms with Gasteiger partial charge in [-0.2, -0.15) is 10.1 Å². The normalized spacial score (nSPS) is 14.2. The minimum absolute atomic E-state index is 0.140. The van der Waals surface area contributed by atoms with Gasteiger partial charge in [0.05, 0.1) is 31.5 Å². The third-order valence-electron chi connectivity index (χ3n) is 5.32. The Morgan fingerprint density at radius 2 is 1.94 bits per heavy atom. The summed E-state index contributed by atoms with van der Waals surface area (Å²) in [6.45, 7) is 2.57. The molecule has 5 rings (SSSR count). The lowest BCUT2D eigenvalue weighted by Crippen LogP contribution is -2.41. The van der Waals surface area contributed by atoms with Gasteiger partial charge < -0.3 is 19.5 Å². The summed E-state index contributed by atoms with van der Waals surface area (Å²) < 4.78 is 9.05. The second-order valence-corrected chi connectivity index (χ2v) is 7.52. The van der Waals surface area contributed by atoms with Crippen LogP contribution < -0.4 is 5.32 Å². The van der Waals surface area contributed by atoms with E-state index < -0.39 is 0 Å². The van der Waals surface area contributed by atoms with Gasteiger partial charge in [0.25, 0.3) is 0 Å². The number of hydrogen-bond donors (Lipinski definition) is 1. The maximum atomic E-state index is 12.5. The number of fused-ring (bicyclic) bond motifs is 1. The van der Waals surface area contributed by atoms with E-state index in [1.165, 1.54) is 0 Å². The summed E-state index contributed by atoms with van der Waals surface area (Å²) in [6, 6.07) is 10.00. The largest absolute Gasteiger partial charge is 0.378 e. The topological polar surface area (TPSA) is 90.1 Å². The molecule has 0 radical (unpaired) electrons. The second kappa shape index (κ2) is 8.19. The van der Waals surface area contributed by atoms with Crippen molar-refractivity contribution in [3.05, 3.63) is 60.7 Å². The van der Waals surface area contributed by atoms with Crippen LogP contribution in [-0.4, -0.2) is 61.4 Å². The van der Waals surface area contributed by atoms with Crippen molar-refractivity contribution in [2.45, 2.75) is 6.42 Å². The van der Waals surface area contributed by atoms with Crippen molar-refractivity contribution in [3.63, 3.8) is 0 Å². The van der Waals surface area contributed by atoms with Gasteiger partial charge in [-0.05, 0) is 23.8 Å². The van der Waals surface area contributed by atoms with Crippen molar-refractivity contribution >= 4 is 28.6 Å². The fraction of sp³-hybridized carbons (Fsp3) is 0.273. The van der Waals surface area contributed by atoms with Crippen molar-refractivity contribution in [2.24, 2.45) is 7.05 Å². The van der Waals surface area contributed by atoms with Gasteiger partial charge in [0.2, 0.25) is 11.9 Å². The number of hydrogen-bond acceptors (Lipinski definition) is 6. The van der Waals surface area contributed by atoms with Crippen molar-refractivity contribution < 1.29 is 9.53 Å². The van der Waals surface area contributed by atoms with E-state index in [2.05, 4.69) is 20.4 Å². The lowest BCUT2D eigenvalue weighted by Gasteiger charge is -2.26. The Hall–Kier alpha value is -3.72. The van der Waals surface area contributed by atoms with Gasteiger partial charge in [0.15, 0.2) is 0 Å². The summed E-state index contributed by atoms with van der Waals surface area (Å²) in [5, 5.41) is 8.27. The Morgan fingerprint density at radius 1 is 1.13 bits per heavy atom. The molecule has 3 aromatic heterocycles. The maximum Gasteiger partial charge on any atom is 0.229 e. The van der Waals surface area contributed by atoms with Crippen LogP contribution in [0.3, 0.4) is 0 Å². The number of nitrogens with zero attached hydrogens (tertiary/aromatic N) is 6. The van der Waals surface area contributed by atoms with Crippen molar-refractivity contribution in [2.75, 3.05) is 31.6 Å². The first-order valence-electron chi connectivity index (χ1n) is 10.2. The number of morpholine rings is 1. The van der Waals surface area contributed by atoms with Crippen molar-refractivity contribution in [3.8, 4) is 5.69 Å². The number of benzene rings is 1. The molecule has 158 valence electrons. The molecular formula is C22H23N7O2. The third kappa shape index (κ3) is 4.13. The number of aryl methyl sites for hydroxylation is 1. The predicted molar refractivity (Wildman–Crippen MR) is 116 cm³/mol. The van der Waals surface area contributed by atoms with E-state index in [-0.39, 0.29) is 5.91 Å². The molecule has 0 unspecified atom stereocenters. The summed E-state index contributed by atoms with van der Waals surface area (Å²) >= 11 is 0. The molecule has 1 amide bonds. The van der Waals surface area contributed by atoms with Crippen LogP contribution in [0.15, 0.2) is 55.1 Å². The molecule has 4 heterocycles. The molecule has 0 saturated carbocycles. The molecule has 0 spiro atoms. The van der Waals surface area contributed by atoms with Gasteiger partial charge >= 0.3 is 0 Å². The number of carbonyl (C=O) groups is 1. The highest BCUT2D eigenvalue weighted by atomic mass is 16.5. The first kappa shape index (κ1) is 19.3. The summed E-state index contributed by atoms with van der Waals surface area (Å²) in [7, 11) is 1.86. The molecule has 4 aromatic rings. The van der Waals surface area contributed by atoms with Gasteiger partial charge in [0, 0.05) is 49.8 Å². The van der Waals surface area contributed by atoms with Crippen LogP contribution in [0, 0.1) is 0 Å². The summed E-state index contributed by atoms with van der Waals surface area (Å²) in [6.07, 6.45) is 7.76. The number of amides is 1. The van der Waals surface area contributed by atoms with Gasteiger partial charge in [0.1, 0.15) is 5.65 Å². The zero-order valence-corrected chi connectivity index (χ0v) is 17.2. The first-order chi connectivity index (χ1) is 15.2. The first-order valence-corrected chi connectivity index (χ1v) is 10.2. The van der Waals surface area contributed by atoms with Gasteiger partial charge in [-0.25, -0.2) is 4.98 Å². The molecule has 1 N–H and O–H groups in total. The summed E-state index contributed by atoms with van der Waals surface area (Å²) in [5.74, 6) is 0.648. The number of rotatable bonds is 5. The van der Waals surface area contributed by atoms with E-state index in [1.54, 1.807) is 17.1 Å². The Morgan fingerprint density at radius 3 is 2.68 bits per heavy atom. The SMILES string of the molecule is Cn1cc(Nc2ncc3ccn(-c4ccc(CC(=O)N5CCOCC5)cc4)c3n2)cn1. The Labute approximate surface area is 179 Å². The number of carbonyl (C=O) groups excluding carboxylic acids is 1. The smallest absolute Gasteiger partial charge is 0.229 e. The molecule has 1 aliphatic heterocycles.